The van der Waals surface area contributed by atoms with Crippen molar-refractivity contribution >= 4 is 0 Å². The number of ether oxygens (including phenoxy) is 3. The summed E-state index contributed by atoms with van der Waals surface area (Å²) in [6.45, 7) is 2.64. The molecule has 1 atom stereocenters. The van der Waals surface area contributed by atoms with E-state index in [0.29, 0.717) is 18.4 Å². The van der Waals surface area contributed by atoms with E-state index in [4.69, 9.17) is 14.2 Å². The van der Waals surface area contributed by atoms with Crippen molar-refractivity contribution in [3.63, 3.8) is 0 Å². The van der Waals surface area contributed by atoms with Crippen LogP contribution in [0.4, 0.5) is 0 Å². The van der Waals surface area contributed by atoms with Crippen LogP contribution in [0.5, 0.6) is 11.8 Å². The molecule has 0 amide bonds. The fourth-order valence-corrected chi connectivity index (χ4v) is 1.14. The monoisotopic (exact) mass is 196 g/mol. The van der Waals surface area contributed by atoms with E-state index < -0.39 is 0 Å². The molecular formula is C9H12N2O3. The Hall–Kier alpha value is -1.36. The third-order valence-electron chi connectivity index (χ3n) is 2.21. The maximum atomic E-state index is 5.26. The maximum absolute atomic E-state index is 5.26. The number of epoxide rings is 1. The summed E-state index contributed by atoms with van der Waals surface area (Å²) in [6.07, 6.45) is 1.65. The molecule has 76 valence electrons. The molecule has 1 saturated heterocycles. The first kappa shape index (κ1) is 9.21. The highest BCUT2D eigenvalue weighted by molar-refractivity contribution is 5.29. The molecule has 5 heteroatoms. The molecule has 2 heterocycles. The van der Waals surface area contributed by atoms with Crippen molar-refractivity contribution in [3.8, 4) is 11.8 Å². The van der Waals surface area contributed by atoms with Gasteiger partial charge in [0, 0.05) is 0 Å². The van der Waals surface area contributed by atoms with Crippen LogP contribution in [0, 0.1) is 0 Å². The van der Waals surface area contributed by atoms with Crippen molar-refractivity contribution in [1.82, 2.24) is 9.97 Å². The summed E-state index contributed by atoms with van der Waals surface area (Å²) >= 11 is 0. The second kappa shape index (κ2) is 3.09. The third-order valence-corrected chi connectivity index (χ3v) is 2.21. The number of aromatic nitrogens is 2. The van der Waals surface area contributed by atoms with Crippen LogP contribution in [-0.2, 0) is 10.3 Å². The van der Waals surface area contributed by atoms with Crippen LogP contribution in [0.1, 0.15) is 12.6 Å². The van der Waals surface area contributed by atoms with E-state index in [-0.39, 0.29) is 5.60 Å². The average Bonchev–Trinajstić information content (AvgIpc) is 2.97. The first-order valence-electron chi connectivity index (χ1n) is 4.29. The lowest BCUT2D eigenvalue weighted by Crippen LogP contribution is -2.08. The summed E-state index contributed by atoms with van der Waals surface area (Å²) in [5.41, 5.74) is 0.488. The van der Waals surface area contributed by atoms with Crippen LogP contribution in [0.15, 0.2) is 6.20 Å². The van der Waals surface area contributed by atoms with E-state index in [1.807, 2.05) is 6.92 Å². The molecule has 1 aliphatic heterocycles. The summed E-state index contributed by atoms with van der Waals surface area (Å²) in [5, 5.41) is 0. The summed E-state index contributed by atoms with van der Waals surface area (Å²) in [7, 11) is 3.06. The number of hydrogen-bond acceptors (Lipinski definition) is 5. The zero-order valence-corrected chi connectivity index (χ0v) is 8.40. The highest BCUT2D eigenvalue weighted by Gasteiger charge is 2.43. The summed E-state index contributed by atoms with van der Waals surface area (Å²) in [6, 6.07) is 0. The van der Waals surface area contributed by atoms with E-state index in [9.17, 15) is 0 Å². The maximum Gasteiger partial charge on any atom is 0.278 e. The van der Waals surface area contributed by atoms with Gasteiger partial charge < -0.3 is 14.2 Å². The molecule has 0 saturated carbocycles. The molecule has 0 bridgehead atoms. The fraction of sp³-hybridized carbons (Fsp3) is 0.556. The smallest absolute Gasteiger partial charge is 0.278 e. The lowest BCUT2D eigenvalue weighted by atomic mass is 10.1. The zero-order valence-electron chi connectivity index (χ0n) is 8.40. The molecule has 0 aromatic carbocycles. The largest absolute Gasteiger partial charge is 0.477 e. The van der Waals surface area contributed by atoms with Gasteiger partial charge in [0.2, 0.25) is 0 Å². The van der Waals surface area contributed by atoms with Gasteiger partial charge in [0.05, 0.1) is 32.7 Å². The van der Waals surface area contributed by atoms with Gasteiger partial charge >= 0.3 is 0 Å². The number of rotatable bonds is 3. The first-order valence-corrected chi connectivity index (χ1v) is 4.29. The van der Waals surface area contributed by atoms with Gasteiger partial charge in [-0.3, -0.25) is 0 Å². The van der Waals surface area contributed by atoms with Crippen molar-refractivity contribution in [2.24, 2.45) is 0 Å². The highest BCUT2D eigenvalue weighted by atomic mass is 16.6. The lowest BCUT2D eigenvalue weighted by molar-refractivity contribution is 0.305. The Labute approximate surface area is 82.0 Å². The molecular weight excluding hydrogens is 184 g/mol. The normalized spacial score (nSPS) is 24.5. The van der Waals surface area contributed by atoms with Crippen molar-refractivity contribution in [2.75, 3.05) is 20.8 Å². The van der Waals surface area contributed by atoms with E-state index in [2.05, 4.69) is 9.97 Å². The predicted molar refractivity (Wildman–Crippen MR) is 48.4 cm³/mol. The van der Waals surface area contributed by atoms with Gasteiger partial charge in [-0.25, -0.2) is 9.97 Å². The number of nitrogens with zero attached hydrogens (tertiary/aromatic N) is 2. The Morgan fingerprint density at radius 2 is 2.00 bits per heavy atom. The van der Waals surface area contributed by atoms with Gasteiger partial charge in [0.1, 0.15) is 5.60 Å². The SMILES string of the molecule is COc1ncc(C2(C)CO2)nc1OC. The molecule has 1 unspecified atom stereocenters. The second-order valence-electron chi connectivity index (χ2n) is 3.29. The predicted octanol–water partition coefficient (Wildman–Crippen LogP) is 0.739. The van der Waals surface area contributed by atoms with Gasteiger partial charge in [-0.2, -0.15) is 0 Å². The van der Waals surface area contributed by atoms with Crippen LogP contribution in [0.3, 0.4) is 0 Å². The average molecular weight is 196 g/mol. The highest BCUT2D eigenvalue weighted by Crippen LogP contribution is 2.38. The first-order chi connectivity index (χ1) is 6.69. The minimum Gasteiger partial charge on any atom is -0.477 e. The molecule has 14 heavy (non-hydrogen) atoms. The number of methoxy groups -OCH3 is 2. The van der Waals surface area contributed by atoms with Crippen LogP contribution < -0.4 is 9.47 Å². The standard InChI is InChI=1S/C9H12N2O3/c1-9(5-14-9)6-4-10-7(12-2)8(11-6)13-3/h4H,5H2,1-3H3. The fourth-order valence-electron chi connectivity index (χ4n) is 1.14. The van der Waals surface area contributed by atoms with E-state index >= 15 is 0 Å². The van der Waals surface area contributed by atoms with Crippen molar-refractivity contribution in [2.45, 2.75) is 12.5 Å². The number of hydrogen-bond donors (Lipinski definition) is 0. The summed E-state index contributed by atoms with van der Waals surface area (Å²) < 4.78 is 15.3. The van der Waals surface area contributed by atoms with Crippen LogP contribution in [-0.4, -0.2) is 30.8 Å². The van der Waals surface area contributed by atoms with Crippen molar-refractivity contribution in [3.05, 3.63) is 11.9 Å². The lowest BCUT2D eigenvalue weighted by Gasteiger charge is -2.08. The van der Waals surface area contributed by atoms with Crippen molar-refractivity contribution < 1.29 is 14.2 Å². The molecule has 0 N–H and O–H groups in total. The van der Waals surface area contributed by atoms with Crippen molar-refractivity contribution in [1.29, 1.82) is 0 Å². The third kappa shape index (κ3) is 1.39. The van der Waals surface area contributed by atoms with Gasteiger partial charge in [-0.05, 0) is 6.92 Å². The topological polar surface area (TPSA) is 56.8 Å². The van der Waals surface area contributed by atoms with Crippen LogP contribution >= 0.6 is 0 Å². The Bertz CT molecular complexity index is 350. The van der Waals surface area contributed by atoms with E-state index in [0.717, 1.165) is 5.69 Å². The van der Waals surface area contributed by atoms with Gasteiger partial charge in [0.25, 0.3) is 11.8 Å². The molecule has 1 aliphatic rings. The Morgan fingerprint density at radius 1 is 1.36 bits per heavy atom. The molecule has 1 fully saturated rings. The van der Waals surface area contributed by atoms with Gasteiger partial charge in [-0.1, -0.05) is 0 Å². The van der Waals surface area contributed by atoms with E-state index in [1.165, 1.54) is 14.2 Å². The Morgan fingerprint density at radius 3 is 2.50 bits per heavy atom. The quantitative estimate of drug-likeness (QED) is 0.667. The summed E-state index contributed by atoms with van der Waals surface area (Å²) in [4.78, 5) is 8.35. The molecule has 0 aliphatic carbocycles. The van der Waals surface area contributed by atoms with E-state index in [1.54, 1.807) is 6.20 Å². The molecule has 1 aromatic rings. The molecule has 2 rings (SSSR count). The minimum atomic E-state index is -0.285. The van der Waals surface area contributed by atoms with Crippen LogP contribution in [0.2, 0.25) is 0 Å². The molecule has 1 aromatic heterocycles. The molecule has 0 radical (unpaired) electrons. The van der Waals surface area contributed by atoms with Gasteiger partial charge in [0.15, 0.2) is 0 Å². The summed E-state index contributed by atoms with van der Waals surface area (Å²) in [5.74, 6) is 0.780. The Balaban J connectivity index is 2.36. The van der Waals surface area contributed by atoms with Crippen LogP contribution in [0.25, 0.3) is 0 Å². The second-order valence-corrected chi connectivity index (χ2v) is 3.29. The zero-order chi connectivity index (χ0) is 10.2. The molecule has 0 spiro atoms. The van der Waals surface area contributed by atoms with Gasteiger partial charge in [-0.15, -0.1) is 0 Å². The molecule has 5 nitrogen and oxygen atoms in total. The minimum absolute atomic E-state index is 0.285. The Kier molecular flexibility index (Phi) is 2.03.